The fourth-order valence-corrected chi connectivity index (χ4v) is 5.50. The molecule has 1 saturated heterocycles. The van der Waals surface area contributed by atoms with E-state index in [-0.39, 0.29) is 30.9 Å². The minimum atomic E-state index is -5.15. The third-order valence-electron chi connectivity index (χ3n) is 5.18. The van der Waals surface area contributed by atoms with E-state index >= 15 is 0 Å². The first-order valence-corrected chi connectivity index (χ1v) is 9.71. The molecule has 0 aromatic carbocycles. The molecule has 2 aromatic heterocycles. The van der Waals surface area contributed by atoms with Crippen LogP contribution in [0.15, 0.2) is 12.3 Å². The van der Waals surface area contributed by atoms with Gasteiger partial charge in [-0.05, 0) is 13.0 Å². The Morgan fingerprint density at radius 1 is 1.48 bits per heavy atom. The van der Waals surface area contributed by atoms with Gasteiger partial charge in [0.25, 0.3) is 0 Å². The first kappa shape index (κ1) is 16.8. The van der Waals surface area contributed by atoms with Gasteiger partial charge in [0.05, 0.1) is 16.6 Å². The van der Waals surface area contributed by atoms with E-state index in [0.29, 0.717) is 24.4 Å². The van der Waals surface area contributed by atoms with E-state index in [0.717, 1.165) is 17.5 Å². The minimum Gasteiger partial charge on any atom is -0.361 e. The molecule has 4 rings (SSSR count). The smallest absolute Gasteiger partial charge is 0.361 e. The van der Waals surface area contributed by atoms with Crippen molar-refractivity contribution in [1.29, 1.82) is 0 Å². The highest BCUT2D eigenvalue weighted by Gasteiger charge is 2.56. The van der Waals surface area contributed by atoms with Crippen LogP contribution in [0.5, 0.6) is 0 Å². The third-order valence-corrected chi connectivity index (χ3v) is 6.63. The molecule has 0 saturated carbocycles. The van der Waals surface area contributed by atoms with Crippen LogP contribution in [0, 0.1) is 0 Å². The summed E-state index contributed by atoms with van der Waals surface area (Å²) in [6.07, 6.45) is -4.36. The maximum absolute atomic E-state index is 13.4. The summed E-state index contributed by atoms with van der Waals surface area (Å²) in [5, 5.41) is 7.27. The molecule has 1 fully saturated rings. The summed E-state index contributed by atoms with van der Waals surface area (Å²) in [6, 6.07) is -0.792. The summed E-state index contributed by atoms with van der Waals surface area (Å²) in [4.78, 5) is 25.7. The van der Waals surface area contributed by atoms with Crippen molar-refractivity contribution >= 4 is 34.6 Å². The van der Waals surface area contributed by atoms with Crippen LogP contribution in [0.3, 0.4) is 0 Å². The molecule has 1 amide bonds. The molecule has 0 unspecified atom stereocenters. The maximum atomic E-state index is 13.4. The Morgan fingerprint density at radius 2 is 2.24 bits per heavy atom. The molecule has 29 heavy (non-hydrogen) atoms. The van der Waals surface area contributed by atoms with E-state index in [1.165, 1.54) is 13.0 Å². The Labute approximate surface area is 176 Å². The quantitative estimate of drug-likeness (QED) is 0.665. The van der Waals surface area contributed by atoms with Gasteiger partial charge >= 0.3 is 12.1 Å². The highest BCUT2D eigenvalue weighted by Crippen LogP contribution is 2.53. The van der Waals surface area contributed by atoms with E-state index in [1.807, 2.05) is 0 Å². The van der Waals surface area contributed by atoms with Crippen molar-refractivity contribution in [2.24, 2.45) is 6.98 Å². The molecule has 7 nitrogen and oxygen atoms in total. The van der Waals surface area contributed by atoms with Gasteiger partial charge < -0.3 is 9.64 Å². The van der Waals surface area contributed by atoms with Gasteiger partial charge in [-0.15, -0.1) is 16.4 Å². The van der Waals surface area contributed by atoms with Crippen LogP contribution in [0.1, 0.15) is 50.8 Å². The van der Waals surface area contributed by atoms with E-state index < -0.39 is 36.7 Å². The second-order valence-corrected chi connectivity index (χ2v) is 8.75. The van der Waals surface area contributed by atoms with Crippen molar-refractivity contribution in [3.63, 3.8) is 0 Å². The van der Waals surface area contributed by atoms with Gasteiger partial charge in [0.15, 0.2) is 5.78 Å². The predicted octanol–water partition coefficient (Wildman–Crippen LogP) is 3.25. The monoisotopic (exact) mass is 451 g/mol. The average molecular weight is 452 g/mol. The summed E-state index contributed by atoms with van der Waals surface area (Å²) in [5.74, 6) is -2.38. The minimum absolute atomic E-state index is 0.0180. The van der Waals surface area contributed by atoms with E-state index in [4.69, 9.17) is 20.5 Å². The first-order chi connectivity index (χ1) is 14.7. The topological polar surface area (TPSA) is 77.3 Å². The zero-order valence-electron chi connectivity index (χ0n) is 17.9. The Kier molecular flexibility index (Phi) is 3.92. The number of alkyl halides is 3. The number of fused-ring (bicyclic) bond motifs is 2. The Morgan fingerprint density at radius 3 is 2.90 bits per heavy atom. The molecule has 156 valence electrons. The molecule has 0 bridgehead atoms. The lowest BCUT2D eigenvalue weighted by Gasteiger charge is -2.50. The Hall–Kier alpha value is -1.98. The highest BCUT2D eigenvalue weighted by atomic mass is 35.5. The molecule has 0 radical (unpaired) electrons. The number of nitrogens with zero attached hydrogens (tertiary/aromatic N) is 4. The van der Waals surface area contributed by atoms with E-state index in [9.17, 15) is 22.8 Å². The second-order valence-electron chi connectivity index (χ2n) is 7.07. The number of ketones is 1. The molecule has 2 aliphatic rings. The molecule has 0 N–H and O–H groups in total. The van der Waals surface area contributed by atoms with Gasteiger partial charge in [0.2, 0.25) is 0 Å². The summed E-state index contributed by atoms with van der Waals surface area (Å²) in [7, 11) is 0. The maximum Gasteiger partial charge on any atom is 0.471 e. The van der Waals surface area contributed by atoms with Crippen molar-refractivity contribution in [1.82, 2.24) is 19.9 Å². The van der Waals surface area contributed by atoms with Gasteiger partial charge in [-0.1, -0.05) is 16.8 Å². The lowest BCUT2D eigenvalue weighted by molar-refractivity contribution is -0.200. The van der Waals surface area contributed by atoms with E-state index in [1.54, 1.807) is 0 Å². The molecule has 12 heteroatoms. The largest absolute Gasteiger partial charge is 0.471 e. The summed E-state index contributed by atoms with van der Waals surface area (Å²) >= 11 is 7.20. The van der Waals surface area contributed by atoms with Gasteiger partial charge in [-0.3, -0.25) is 14.3 Å². The fourth-order valence-electron chi connectivity index (χ4n) is 4.10. The molecule has 4 heterocycles. The van der Waals surface area contributed by atoms with Crippen molar-refractivity contribution < 1.29 is 31.6 Å². The number of carbonyl (C=O) groups excluding carboxylic acids is 2. The number of rotatable bonds is 1. The molecule has 2 aromatic rings. The molecule has 3 atom stereocenters. The van der Waals surface area contributed by atoms with Gasteiger partial charge in [-0.25, -0.2) is 0 Å². The normalized spacial score (nSPS) is 29.3. The fraction of sp³-hybridized carbons (Fsp3) is 0.529. The standard InChI is InChI=1S/C17H16ClF3N4O3S/c1-8-4-16(14-9(3-13(18)29-14)12(26)7-28-16)5-11(10-6-24(2)23-22-10)25(8)15(27)17(19,20)21/h3,6,8,11H,4-5,7H2,1-2H3/t8-,11-,16-/m0/s1/i2D3. The lowest BCUT2D eigenvalue weighted by atomic mass is 9.77. The number of ether oxygens (including phenoxy) is 1. The first-order valence-electron chi connectivity index (χ1n) is 10.0. The van der Waals surface area contributed by atoms with Crippen LogP contribution in [0.4, 0.5) is 13.2 Å². The number of piperidine rings is 1. The number of halogens is 4. The average Bonchev–Trinajstić information content (AvgIpc) is 3.31. The number of amides is 1. The molecule has 1 spiro atoms. The second kappa shape index (κ2) is 6.78. The summed E-state index contributed by atoms with van der Waals surface area (Å²) in [5.41, 5.74) is -0.995. The summed E-state index contributed by atoms with van der Waals surface area (Å²) < 4.78 is 69.3. The lowest BCUT2D eigenvalue weighted by Crippen LogP contribution is -2.56. The van der Waals surface area contributed by atoms with Crippen LogP contribution in [0.2, 0.25) is 4.34 Å². The number of aryl methyl sites for hydroxylation is 1. The number of hydrogen-bond donors (Lipinski definition) is 0. The molecule has 0 aliphatic carbocycles. The zero-order chi connectivity index (χ0) is 23.6. The van der Waals surface area contributed by atoms with Gasteiger partial charge in [0, 0.05) is 40.4 Å². The molecule has 2 aliphatic heterocycles. The van der Waals surface area contributed by atoms with Gasteiger partial charge in [0.1, 0.15) is 17.9 Å². The Balaban J connectivity index is 1.82. The van der Waals surface area contributed by atoms with Crippen LogP contribution in [-0.2, 0) is 22.1 Å². The molecular formula is C17H16ClF3N4O3S. The SMILES string of the molecule is [2H]C([2H])([2H])n1cc([C@@H]2C[C@]3(C[C@H](C)N2C(=O)C(F)(F)F)OCC(=O)c2cc(Cl)sc23)nn1. The number of thiophene rings is 1. The zero-order valence-corrected chi connectivity index (χ0v) is 16.4. The Bertz CT molecular complexity index is 1090. The number of hydrogen-bond acceptors (Lipinski definition) is 6. The van der Waals surface area contributed by atoms with E-state index in [2.05, 4.69) is 10.3 Å². The van der Waals surface area contributed by atoms with Crippen molar-refractivity contribution in [2.45, 2.75) is 43.6 Å². The predicted molar refractivity (Wildman–Crippen MR) is 96.6 cm³/mol. The summed E-state index contributed by atoms with van der Waals surface area (Å²) in [6.45, 7) is -1.57. The molecular weight excluding hydrogens is 433 g/mol. The van der Waals surface area contributed by atoms with Crippen LogP contribution >= 0.6 is 22.9 Å². The van der Waals surface area contributed by atoms with Crippen LogP contribution in [-0.4, -0.2) is 50.4 Å². The third kappa shape index (κ3) is 3.34. The van der Waals surface area contributed by atoms with Crippen LogP contribution in [0.25, 0.3) is 0 Å². The number of aromatic nitrogens is 3. The highest BCUT2D eigenvalue weighted by molar-refractivity contribution is 7.16. The van der Waals surface area contributed by atoms with Crippen LogP contribution < -0.4 is 0 Å². The van der Waals surface area contributed by atoms with Gasteiger partial charge in [-0.2, -0.15) is 13.2 Å². The number of Topliss-reactive ketones (excluding diaryl/α,β-unsaturated/α-hetero) is 1. The van der Waals surface area contributed by atoms with Crippen molar-refractivity contribution in [3.8, 4) is 0 Å². The van der Waals surface area contributed by atoms with Crippen molar-refractivity contribution in [3.05, 3.63) is 32.7 Å². The number of likely N-dealkylation sites (tertiary alicyclic amines) is 1. The van der Waals surface area contributed by atoms with Crippen molar-refractivity contribution in [2.75, 3.05) is 6.61 Å². The number of carbonyl (C=O) groups is 2.